The summed E-state index contributed by atoms with van der Waals surface area (Å²) in [6.45, 7) is 11.7. The van der Waals surface area contributed by atoms with Gasteiger partial charge < -0.3 is 0 Å². The fourth-order valence-corrected chi connectivity index (χ4v) is 6.41. The molecule has 0 aliphatic heterocycles. The number of hydrogen-bond donors (Lipinski definition) is 0. The van der Waals surface area contributed by atoms with Crippen LogP contribution in [0.2, 0.25) is 0 Å². The van der Waals surface area contributed by atoms with Gasteiger partial charge in [0.1, 0.15) is 0 Å². The topological polar surface area (TPSA) is 0 Å². The number of benzene rings is 4. The monoisotopic (exact) mass is 496 g/mol. The first-order chi connectivity index (χ1) is 15.8. The van der Waals surface area contributed by atoms with Crippen molar-refractivity contribution in [2.45, 2.75) is 64.7 Å². The Hall–Kier alpha value is -2.38. The Labute approximate surface area is 207 Å². The second kappa shape index (κ2) is 8.13. The fourth-order valence-electron chi connectivity index (χ4n) is 6.05. The molecule has 168 valence electrons. The number of hydrogen-bond acceptors (Lipinski definition) is 0. The van der Waals surface area contributed by atoms with E-state index in [4.69, 9.17) is 0 Å². The second-order valence-corrected chi connectivity index (χ2v) is 11.0. The van der Waals surface area contributed by atoms with E-state index in [-0.39, 0.29) is 10.8 Å². The average molecular weight is 498 g/mol. The molecule has 5 rings (SSSR count). The van der Waals surface area contributed by atoms with Crippen LogP contribution in [0.25, 0.3) is 21.9 Å². The fraction of sp³-hybridized carbons (Fsp3) is 0.312. The predicted octanol–water partition coefficient (Wildman–Crippen LogP) is 9.58. The van der Waals surface area contributed by atoms with Gasteiger partial charge in [-0.15, -0.1) is 0 Å². The van der Waals surface area contributed by atoms with Crippen molar-refractivity contribution in [1.29, 1.82) is 0 Å². The molecule has 4 aromatic rings. The van der Waals surface area contributed by atoms with Crippen molar-refractivity contribution in [3.8, 4) is 11.1 Å². The standard InChI is InChI=1S/C32H33Br/c1-6-21-9-10-23-18-24(12-11-22(23)17-21)32(7-2,8-3)25-13-15-27-28-16-14-26(33)20-30(28)31(4,5)29(27)19-25/h9-20H,6-8H2,1-5H3. The zero-order valence-corrected chi connectivity index (χ0v) is 22.0. The number of rotatable bonds is 5. The lowest BCUT2D eigenvalue weighted by Gasteiger charge is -2.35. The van der Waals surface area contributed by atoms with Crippen LogP contribution in [-0.2, 0) is 17.3 Å². The first-order valence-electron chi connectivity index (χ1n) is 12.3. The molecular formula is C32H33Br. The summed E-state index contributed by atoms with van der Waals surface area (Å²) in [4.78, 5) is 0. The summed E-state index contributed by atoms with van der Waals surface area (Å²) in [5, 5.41) is 2.69. The second-order valence-electron chi connectivity index (χ2n) is 10.1. The van der Waals surface area contributed by atoms with Crippen molar-refractivity contribution in [2.24, 2.45) is 0 Å². The quantitative estimate of drug-likeness (QED) is 0.258. The normalized spacial score (nSPS) is 14.4. The van der Waals surface area contributed by atoms with E-state index < -0.39 is 0 Å². The zero-order chi connectivity index (χ0) is 23.4. The minimum Gasteiger partial charge on any atom is -0.0642 e. The minimum absolute atomic E-state index is 0.00236. The molecule has 0 heterocycles. The van der Waals surface area contributed by atoms with Gasteiger partial charge in [-0.3, -0.25) is 0 Å². The molecule has 0 atom stereocenters. The van der Waals surface area contributed by atoms with Crippen LogP contribution in [0.4, 0.5) is 0 Å². The molecule has 1 heteroatoms. The van der Waals surface area contributed by atoms with Crippen molar-refractivity contribution in [3.63, 3.8) is 0 Å². The number of fused-ring (bicyclic) bond motifs is 4. The third-order valence-corrected chi connectivity index (χ3v) is 8.76. The lowest BCUT2D eigenvalue weighted by atomic mass is 9.69. The van der Waals surface area contributed by atoms with Gasteiger partial charge in [-0.25, -0.2) is 0 Å². The summed E-state index contributed by atoms with van der Waals surface area (Å²) < 4.78 is 1.15. The van der Waals surface area contributed by atoms with Gasteiger partial charge in [0.15, 0.2) is 0 Å². The van der Waals surface area contributed by atoms with Gasteiger partial charge in [0.25, 0.3) is 0 Å². The molecular weight excluding hydrogens is 464 g/mol. The van der Waals surface area contributed by atoms with E-state index in [9.17, 15) is 0 Å². The van der Waals surface area contributed by atoms with Crippen molar-refractivity contribution in [2.75, 3.05) is 0 Å². The molecule has 0 unspecified atom stereocenters. The van der Waals surface area contributed by atoms with E-state index in [1.54, 1.807) is 0 Å². The largest absolute Gasteiger partial charge is 0.0642 e. The van der Waals surface area contributed by atoms with Crippen molar-refractivity contribution < 1.29 is 0 Å². The highest BCUT2D eigenvalue weighted by Crippen LogP contribution is 2.51. The van der Waals surface area contributed by atoms with E-state index in [1.807, 2.05) is 0 Å². The maximum absolute atomic E-state index is 3.69. The van der Waals surface area contributed by atoms with E-state index in [1.165, 1.54) is 49.7 Å². The average Bonchev–Trinajstić information content (AvgIpc) is 3.06. The smallest absolute Gasteiger partial charge is 0.0198 e. The van der Waals surface area contributed by atoms with Gasteiger partial charge in [0, 0.05) is 15.3 Å². The molecule has 1 aliphatic carbocycles. The van der Waals surface area contributed by atoms with Crippen molar-refractivity contribution >= 4 is 26.7 Å². The van der Waals surface area contributed by atoms with Crippen molar-refractivity contribution in [3.05, 3.63) is 105 Å². The Kier molecular flexibility index (Phi) is 5.52. The van der Waals surface area contributed by atoms with E-state index in [2.05, 4.69) is 123 Å². The molecule has 1 aliphatic rings. The summed E-state index contributed by atoms with van der Waals surface area (Å²) in [7, 11) is 0. The number of aryl methyl sites for hydroxylation is 1. The van der Waals surface area contributed by atoms with Gasteiger partial charge in [0.2, 0.25) is 0 Å². The van der Waals surface area contributed by atoms with Crippen LogP contribution in [0.5, 0.6) is 0 Å². The Morgan fingerprint density at radius 1 is 0.667 bits per heavy atom. The highest BCUT2D eigenvalue weighted by molar-refractivity contribution is 9.10. The molecule has 33 heavy (non-hydrogen) atoms. The summed E-state index contributed by atoms with van der Waals surface area (Å²) in [6, 6.07) is 28.1. The summed E-state index contributed by atoms with van der Waals surface area (Å²) in [6.07, 6.45) is 3.24. The summed E-state index contributed by atoms with van der Waals surface area (Å²) in [5.74, 6) is 0. The van der Waals surface area contributed by atoms with Crippen LogP contribution in [0.1, 0.15) is 75.3 Å². The van der Waals surface area contributed by atoms with Crippen LogP contribution in [0.15, 0.2) is 77.3 Å². The summed E-state index contributed by atoms with van der Waals surface area (Å²) in [5.41, 5.74) is 9.91. The van der Waals surface area contributed by atoms with Crippen LogP contribution in [-0.4, -0.2) is 0 Å². The first kappa shape index (κ1) is 22.4. The highest BCUT2D eigenvalue weighted by Gasteiger charge is 2.38. The third kappa shape index (κ3) is 3.39. The Balaban J connectivity index is 1.66. The minimum atomic E-state index is -0.00236. The van der Waals surface area contributed by atoms with Crippen molar-refractivity contribution in [1.82, 2.24) is 0 Å². The van der Waals surface area contributed by atoms with E-state index in [0.717, 1.165) is 23.7 Å². The molecule has 0 amide bonds. The maximum atomic E-state index is 3.69. The first-order valence-corrected chi connectivity index (χ1v) is 13.1. The van der Waals surface area contributed by atoms with Gasteiger partial charge in [-0.1, -0.05) is 111 Å². The predicted molar refractivity (Wildman–Crippen MR) is 146 cm³/mol. The van der Waals surface area contributed by atoms with Crippen LogP contribution < -0.4 is 0 Å². The summed E-state index contributed by atoms with van der Waals surface area (Å²) >= 11 is 3.69. The zero-order valence-electron chi connectivity index (χ0n) is 20.4. The van der Waals surface area contributed by atoms with E-state index >= 15 is 0 Å². The van der Waals surface area contributed by atoms with Gasteiger partial charge in [-0.2, -0.15) is 0 Å². The molecule has 0 fully saturated rings. The van der Waals surface area contributed by atoms with Gasteiger partial charge in [-0.05, 0) is 81.1 Å². The van der Waals surface area contributed by atoms with Gasteiger partial charge in [0.05, 0.1) is 0 Å². The lowest BCUT2D eigenvalue weighted by molar-refractivity contribution is 0.477. The van der Waals surface area contributed by atoms with Gasteiger partial charge >= 0.3 is 0 Å². The Bertz CT molecular complexity index is 1350. The third-order valence-electron chi connectivity index (χ3n) is 8.26. The van der Waals surface area contributed by atoms with E-state index in [0.29, 0.717) is 0 Å². The molecule has 0 spiro atoms. The lowest BCUT2D eigenvalue weighted by Crippen LogP contribution is -2.27. The highest BCUT2D eigenvalue weighted by atomic mass is 79.9. The molecule has 0 saturated carbocycles. The number of halogens is 1. The molecule has 0 aromatic heterocycles. The Morgan fingerprint density at radius 3 is 1.94 bits per heavy atom. The Morgan fingerprint density at radius 2 is 1.24 bits per heavy atom. The van der Waals surface area contributed by atoms with Crippen LogP contribution in [0, 0.1) is 0 Å². The molecule has 4 aromatic carbocycles. The SMILES string of the molecule is CCc1ccc2cc(C(CC)(CC)c3ccc4c(c3)C(C)(C)c3cc(Br)ccc3-4)ccc2c1. The molecule has 0 nitrogen and oxygen atoms in total. The molecule has 0 N–H and O–H groups in total. The molecule has 0 bridgehead atoms. The molecule has 0 saturated heterocycles. The maximum Gasteiger partial charge on any atom is 0.0198 e. The van der Waals surface area contributed by atoms with Crippen LogP contribution in [0.3, 0.4) is 0 Å². The molecule has 0 radical (unpaired) electrons. The van der Waals surface area contributed by atoms with Crippen LogP contribution >= 0.6 is 15.9 Å².